The normalized spacial score (nSPS) is 10.5. The van der Waals surface area contributed by atoms with E-state index in [1.807, 2.05) is 12.1 Å². The number of hydrogen-bond donors (Lipinski definition) is 0. The van der Waals surface area contributed by atoms with E-state index in [0.29, 0.717) is 6.54 Å². The summed E-state index contributed by atoms with van der Waals surface area (Å²) in [6, 6.07) is 23.1. The van der Waals surface area contributed by atoms with Crippen molar-refractivity contribution >= 4 is 0 Å². The number of nitrogens with zero attached hydrogens (tertiary/aromatic N) is 4. The van der Waals surface area contributed by atoms with Gasteiger partial charge in [0.05, 0.1) is 6.54 Å². The lowest BCUT2D eigenvalue weighted by Gasteiger charge is -2.14. The van der Waals surface area contributed by atoms with Crippen molar-refractivity contribution in [3.05, 3.63) is 94.0 Å². The zero-order valence-corrected chi connectivity index (χ0v) is 15.2. The lowest BCUT2D eigenvalue weighted by Crippen LogP contribution is -2.07. The summed E-state index contributed by atoms with van der Waals surface area (Å²) in [5, 5.41) is 3.88. The first-order chi connectivity index (χ1) is 12.8. The van der Waals surface area contributed by atoms with Gasteiger partial charge in [-0.2, -0.15) is 0 Å². The number of benzene rings is 2. The van der Waals surface area contributed by atoms with Crippen molar-refractivity contribution in [2.75, 3.05) is 0 Å². The third-order valence-corrected chi connectivity index (χ3v) is 4.63. The predicted octanol–water partition coefficient (Wildman–Crippen LogP) is 6.36. The molecule has 0 atom stereocenters. The number of hydrogen-bond acceptors (Lipinski definition) is 1. The average molecular weight is 344 g/mol. The van der Waals surface area contributed by atoms with Gasteiger partial charge in [-0.3, -0.25) is 0 Å². The van der Waals surface area contributed by atoms with E-state index in [-0.39, 0.29) is 0 Å². The van der Waals surface area contributed by atoms with Crippen LogP contribution in [0, 0.1) is 0 Å². The van der Waals surface area contributed by atoms with Crippen LogP contribution in [-0.4, -0.2) is 4.57 Å². The Morgan fingerprint density at radius 1 is 1.00 bits per heavy atom. The van der Waals surface area contributed by atoms with Gasteiger partial charge in [-0.1, -0.05) is 79.1 Å². The van der Waals surface area contributed by atoms with Crippen molar-refractivity contribution < 1.29 is 0 Å². The second-order valence-electron chi connectivity index (χ2n) is 6.43. The Morgan fingerprint density at radius 3 is 2.35 bits per heavy atom. The van der Waals surface area contributed by atoms with Crippen molar-refractivity contribution in [2.24, 2.45) is 5.11 Å². The fourth-order valence-electron chi connectivity index (χ4n) is 3.31. The minimum Gasteiger partial charge on any atom is -0.340 e. The smallest absolute Gasteiger partial charge is 0.0667 e. The molecule has 0 radical (unpaired) electrons. The number of azide groups is 1. The molecule has 0 saturated heterocycles. The predicted molar refractivity (Wildman–Crippen MR) is 107 cm³/mol. The Morgan fingerprint density at radius 2 is 1.69 bits per heavy atom. The van der Waals surface area contributed by atoms with Gasteiger partial charge in [0, 0.05) is 22.8 Å². The highest BCUT2D eigenvalue weighted by Gasteiger charge is 2.16. The summed E-state index contributed by atoms with van der Waals surface area (Å²) < 4.78 is 2.31. The van der Waals surface area contributed by atoms with Crippen LogP contribution in [0.25, 0.3) is 21.7 Å². The van der Waals surface area contributed by atoms with Gasteiger partial charge < -0.3 is 4.57 Å². The average Bonchev–Trinajstić information content (AvgIpc) is 3.03. The lowest BCUT2D eigenvalue weighted by atomic mass is 10.1. The molecule has 0 aliphatic carbocycles. The van der Waals surface area contributed by atoms with Crippen molar-refractivity contribution in [3.8, 4) is 11.3 Å². The molecule has 0 N–H and O–H groups in total. The van der Waals surface area contributed by atoms with Crippen LogP contribution >= 0.6 is 0 Å². The molecule has 0 bridgehead atoms. The molecular weight excluding hydrogens is 320 g/mol. The fraction of sp³-hybridized carbons (Fsp3) is 0.273. The highest BCUT2D eigenvalue weighted by atomic mass is 15.1. The van der Waals surface area contributed by atoms with E-state index in [1.54, 1.807) is 0 Å². The summed E-state index contributed by atoms with van der Waals surface area (Å²) in [4.78, 5) is 2.99. The third kappa shape index (κ3) is 4.16. The molecule has 0 unspecified atom stereocenters. The number of aromatic nitrogens is 1. The quantitative estimate of drug-likeness (QED) is 0.259. The Balaban J connectivity index is 2.11. The van der Waals surface area contributed by atoms with Crippen LogP contribution < -0.4 is 0 Å². The zero-order valence-electron chi connectivity index (χ0n) is 15.2. The highest BCUT2D eigenvalue weighted by molar-refractivity contribution is 5.63. The van der Waals surface area contributed by atoms with E-state index in [0.717, 1.165) is 31.5 Å². The molecule has 1 aromatic heterocycles. The monoisotopic (exact) mass is 344 g/mol. The minimum absolute atomic E-state index is 0.384. The largest absolute Gasteiger partial charge is 0.340 e. The van der Waals surface area contributed by atoms with Gasteiger partial charge in [0.2, 0.25) is 0 Å². The Kier molecular flexibility index (Phi) is 6.13. The molecule has 1 heterocycles. The van der Waals surface area contributed by atoms with Crippen LogP contribution in [-0.2, 0) is 19.5 Å². The molecule has 26 heavy (non-hydrogen) atoms. The maximum atomic E-state index is 8.85. The zero-order chi connectivity index (χ0) is 18.2. The molecule has 3 rings (SSSR count). The topological polar surface area (TPSA) is 53.7 Å². The molecule has 0 amide bonds. The summed E-state index contributed by atoms with van der Waals surface area (Å²) in [5.41, 5.74) is 14.9. The van der Waals surface area contributed by atoms with E-state index in [9.17, 15) is 0 Å². The number of rotatable bonds is 8. The Bertz CT molecular complexity index is 875. The van der Waals surface area contributed by atoms with Gasteiger partial charge in [0.25, 0.3) is 0 Å². The lowest BCUT2D eigenvalue weighted by molar-refractivity contribution is 0.725. The van der Waals surface area contributed by atoms with E-state index in [1.165, 1.54) is 22.4 Å². The second-order valence-corrected chi connectivity index (χ2v) is 6.43. The van der Waals surface area contributed by atoms with Crippen LogP contribution in [0.5, 0.6) is 0 Å². The van der Waals surface area contributed by atoms with Crippen LogP contribution in [0.4, 0.5) is 0 Å². The van der Waals surface area contributed by atoms with Gasteiger partial charge >= 0.3 is 0 Å². The van der Waals surface area contributed by atoms with Crippen LogP contribution in [0.3, 0.4) is 0 Å². The van der Waals surface area contributed by atoms with Gasteiger partial charge in [-0.05, 0) is 41.1 Å². The Hall–Kier alpha value is -2.97. The third-order valence-electron chi connectivity index (χ3n) is 4.63. The molecule has 0 aliphatic rings. The van der Waals surface area contributed by atoms with E-state index < -0.39 is 0 Å². The van der Waals surface area contributed by atoms with E-state index >= 15 is 0 Å². The van der Waals surface area contributed by atoms with Crippen LogP contribution in [0.2, 0.25) is 0 Å². The first-order valence-electron chi connectivity index (χ1n) is 9.15. The summed E-state index contributed by atoms with van der Waals surface area (Å²) in [5.74, 6) is 0. The van der Waals surface area contributed by atoms with Crippen LogP contribution in [0.1, 0.15) is 36.6 Å². The second kappa shape index (κ2) is 8.93. The van der Waals surface area contributed by atoms with Crippen molar-refractivity contribution in [1.29, 1.82) is 0 Å². The molecule has 0 aliphatic heterocycles. The molecule has 0 spiro atoms. The van der Waals surface area contributed by atoms with Gasteiger partial charge in [0.1, 0.15) is 0 Å². The maximum absolute atomic E-state index is 8.85. The van der Waals surface area contributed by atoms with E-state index in [4.69, 9.17) is 5.53 Å². The fourth-order valence-corrected chi connectivity index (χ4v) is 3.31. The minimum atomic E-state index is 0.384. The van der Waals surface area contributed by atoms with Crippen molar-refractivity contribution in [1.82, 2.24) is 4.57 Å². The first kappa shape index (κ1) is 17.8. The van der Waals surface area contributed by atoms with Crippen molar-refractivity contribution in [2.45, 2.75) is 39.3 Å². The molecular formula is C22H24N4. The maximum Gasteiger partial charge on any atom is 0.0667 e. The SMILES string of the molecule is CCCCc1cc(-c2ccccc2)n(Cc2ccccc2)c1CN=[N+]=[N-]. The summed E-state index contributed by atoms with van der Waals surface area (Å²) >= 11 is 0. The summed E-state index contributed by atoms with van der Waals surface area (Å²) in [6.07, 6.45) is 3.28. The molecule has 132 valence electrons. The number of aryl methyl sites for hydroxylation is 1. The van der Waals surface area contributed by atoms with Crippen molar-refractivity contribution in [3.63, 3.8) is 0 Å². The Labute approximate surface area is 154 Å². The molecule has 4 heteroatoms. The van der Waals surface area contributed by atoms with Gasteiger partial charge in [-0.25, -0.2) is 0 Å². The molecule has 3 aromatic rings. The first-order valence-corrected chi connectivity index (χ1v) is 9.15. The standard InChI is InChI=1S/C22H24N4/c1-2-3-12-20-15-21(19-13-8-5-9-14-19)26(22(20)16-24-25-23)17-18-10-6-4-7-11-18/h4-11,13-15H,2-3,12,16-17H2,1H3. The molecule has 0 saturated carbocycles. The van der Waals surface area contributed by atoms with Gasteiger partial charge in [0.15, 0.2) is 0 Å². The summed E-state index contributed by atoms with van der Waals surface area (Å²) in [6.45, 7) is 3.36. The highest BCUT2D eigenvalue weighted by Crippen LogP contribution is 2.29. The molecule has 4 nitrogen and oxygen atoms in total. The molecule has 0 fully saturated rings. The number of unbranched alkanes of at least 4 members (excludes halogenated alkanes) is 1. The summed E-state index contributed by atoms with van der Waals surface area (Å²) in [7, 11) is 0. The van der Waals surface area contributed by atoms with E-state index in [2.05, 4.69) is 76.1 Å². The molecule has 2 aromatic carbocycles. The van der Waals surface area contributed by atoms with Crippen LogP contribution in [0.15, 0.2) is 71.8 Å². The van der Waals surface area contributed by atoms with Gasteiger partial charge in [-0.15, -0.1) is 0 Å².